The fourth-order valence-electron chi connectivity index (χ4n) is 5.00. The van der Waals surface area contributed by atoms with Gasteiger partial charge in [-0.2, -0.15) is 0 Å². The van der Waals surface area contributed by atoms with Crippen LogP contribution in [0.2, 0.25) is 0 Å². The van der Waals surface area contributed by atoms with E-state index in [4.69, 9.17) is 4.99 Å². The lowest BCUT2D eigenvalue weighted by Crippen LogP contribution is -2.41. The maximum absolute atomic E-state index is 5.05. The summed E-state index contributed by atoms with van der Waals surface area (Å²) in [6.07, 6.45) is 9.35. The Bertz CT molecular complexity index is 617. The van der Waals surface area contributed by atoms with Crippen molar-refractivity contribution in [2.45, 2.75) is 63.3 Å². The lowest BCUT2D eigenvalue weighted by Gasteiger charge is -2.28. The molecule has 0 spiro atoms. The molecular formula is C23H36N4. The molecule has 2 aliphatic carbocycles. The molecule has 0 radical (unpaired) electrons. The van der Waals surface area contributed by atoms with Gasteiger partial charge in [0.15, 0.2) is 5.96 Å². The number of nitrogens with zero attached hydrogens (tertiary/aromatic N) is 2. The van der Waals surface area contributed by atoms with Gasteiger partial charge in [0.1, 0.15) is 0 Å². The second-order valence-corrected chi connectivity index (χ2v) is 8.81. The van der Waals surface area contributed by atoms with Crippen LogP contribution < -0.4 is 10.6 Å². The summed E-state index contributed by atoms with van der Waals surface area (Å²) in [5.74, 6) is 1.77. The van der Waals surface area contributed by atoms with Gasteiger partial charge in [-0.3, -0.25) is 4.99 Å². The highest BCUT2D eigenvalue weighted by molar-refractivity contribution is 5.79. The van der Waals surface area contributed by atoms with Crippen molar-refractivity contribution in [1.82, 2.24) is 15.5 Å². The predicted molar refractivity (Wildman–Crippen MR) is 113 cm³/mol. The Morgan fingerprint density at radius 1 is 1.11 bits per heavy atom. The highest BCUT2D eigenvalue weighted by Crippen LogP contribution is 2.41. The Hall–Kier alpha value is -1.55. The molecular weight excluding hydrogens is 332 g/mol. The van der Waals surface area contributed by atoms with E-state index in [0.29, 0.717) is 0 Å². The van der Waals surface area contributed by atoms with Crippen molar-refractivity contribution in [1.29, 1.82) is 0 Å². The largest absolute Gasteiger partial charge is 0.357 e. The van der Waals surface area contributed by atoms with Crippen LogP contribution in [0.25, 0.3) is 0 Å². The number of guanidine groups is 1. The summed E-state index contributed by atoms with van der Waals surface area (Å²) in [5.41, 5.74) is 1.71. The molecule has 4 heteroatoms. The van der Waals surface area contributed by atoms with Crippen molar-refractivity contribution in [3.63, 3.8) is 0 Å². The van der Waals surface area contributed by atoms with Crippen LogP contribution in [0.3, 0.4) is 0 Å². The van der Waals surface area contributed by atoms with Gasteiger partial charge in [-0.1, -0.05) is 43.2 Å². The van der Waals surface area contributed by atoms with Gasteiger partial charge >= 0.3 is 0 Å². The SMILES string of the molecule is CCNC(=NCC1(c2ccccc2)CCCC1)NCC1CCN(C2CC2)C1. The fourth-order valence-corrected chi connectivity index (χ4v) is 5.00. The fraction of sp³-hybridized carbons (Fsp3) is 0.696. The van der Waals surface area contributed by atoms with Crippen LogP contribution in [-0.2, 0) is 5.41 Å². The molecule has 3 fully saturated rings. The van der Waals surface area contributed by atoms with E-state index in [1.807, 2.05) is 0 Å². The van der Waals surface area contributed by atoms with E-state index in [1.54, 1.807) is 0 Å². The van der Waals surface area contributed by atoms with Crippen LogP contribution in [0.1, 0.15) is 57.4 Å². The van der Waals surface area contributed by atoms with Gasteiger partial charge in [-0.25, -0.2) is 0 Å². The number of likely N-dealkylation sites (tertiary alicyclic amines) is 1. The number of hydrogen-bond donors (Lipinski definition) is 2. The standard InChI is InChI=1S/C23H36N4/c1-2-24-22(25-16-19-12-15-27(17-19)21-10-11-21)26-18-23(13-6-7-14-23)20-8-4-3-5-9-20/h3-5,8-9,19,21H,2,6-7,10-18H2,1H3,(H2,24,25,26). The number of rotatable bonds is 7. The Kier molecular flexibility index (Phi) is 6.01. The molecule has 1 aromatic carbocycles. The van der Waals surface area contributed by atoms with E-state index >= 15 is 0 Å². The number of nitrogens with one attached hydrogen (secondary N) is 2. The topological polar surface area (TPSA) is 39.7 Å². The van der Waals surface area contributed by atoms with Crippen molar-refractivity contribution < 1.29 is 0 Å². The van der Waals surface area contributed by atoms with Gasteiger partial charge in [-0.15, -0.1) is 0 Å². The van der Waals surface area contributed by atoms with Crippen LogP contribution in [0.5, 0.6) is 0 Å². The maximum atomic E-state index is 5.05. The van der Waals surface area contributed by atoms with Crippen LogP contribution in [0, 0.1) is 5.92 Å². The molecule has 2 N–H and O–H groups in total. The van der Waals surface area contributed by atoms with Crippen molar-refractivity contribution in [2.24, 2.45) is 10.9 Å². The Labute approximate surface area is 164 Å². The highest BCUT2D eigenvalue weighted by Gasteiger charge is 2.36. The van der Waals surface area contributed by atoms with Crippen molar-refractivity contribution >= 4 is 5.96 Å². The van der Waals surface area contributed by atoms with Crippen LogP contribution in [0.15, 0.2) is 35.3 Å². The van der Waals surface area contributed by atoms with Crippen molar-refractivity contribution in [3.8, 4) is 0 Å². The average molecular weight is 369 g/mol. The molecule has 1 aromatic rings. The van der Waals surface area contributed by atoms with Gasteiger partial charge < -0.3 is 15.5 Å². The minimum Gasteiger partial charge on any atom is -0.357 e. The molecule has 1 unspecified atom stereocenters. The van der Waals surface area contributed by atoms with E-state index in [-0.39, 0.29) is 5.41 Å². The molecule has 4 rings (SSSR count). The molecule has 1 saturated heterocycles. The summed E-state index contributed by atoms with van der Waals surface area (Å²) in [5, 5.41) is 7.12. The summed E-state index contributed by atoms with van der Waals surface area (Å²) in [6, 6.07) is 12.0. The molecule has 3 aliphatic rings. The summed E-state index contributed by atoms with van der Waals surface area (Å²) in [4.78, 5) is 7.75. The lowest BCUT2D eigenvalue weighted by atomic mass is 9.79. The molecule has 27 heavy (non-hydrogen) atoms. The second kappa shape index (κ2) is 8.64. The molecule has 0 amide bonds. The Balaban J connectivity index is 1.36. The zero-order chi connectivity index (χ0) is 18.5. The van der Waals surface area contributed by atoms with Gasteiger partial charge in [0.2, 0.25) is 0 Å². The number of hydrogen-bond acceptors (Lipinski definition) is 2. The third-order valence-electron chi connectivity index (χ3n) is 6.77. The van der Waals surface area contributed by atoms with Crippen molar-refractivity contribution in [3.05, 3.63) is 35.9 Å². The summed E-state index contributed by atoms with van der Waals surface area (Å²) < 4.78 is 0. The second-order valence-electron chi connectivity index (χ2n) is 8.81. The average Bonchev–Trinajstić information content (AvgIpc) is 3.25. The normalized spacial score (nSPS) is 25.7. The minimum absolute atomic E-state index is 0.236. The number of aliphatic imine (C=N–C) groups is 1. The van der Waals surface area contributed by atoms with Gasteiger partial charge in [0.25, 0.3) is 0 Å². The van der Waals surface area contributed by atoms with Gasteiger partial charge in [0, 0.05) is 31.1 Å². The summed E-state index contributed by atoms with van der Waals surface area (Å²) in [7, 11) is 0. The monoisotopic (exact) mass is 368 g/mol. The van der Waals surface area contributed by atoms with E-state index in [1.165, 1.54) is 63.6 Å². The zero-order valence-corrected chi connectivity index (χ0v) is 16.9. The van der Waals surface area contributed by atoms with E-state index in [2.05, 4.69) is 52.8 Å². The minimum atomic E-state index is 0.236. The molecule has 1 heterocycles. The molecule has 0 bridgehead atoms. The third kappa shape index (κ3) is 4.66. The predicted octanol–water partition coefficient (Wildman–Crippen LogP) is 3.54. The zero-order valence-electron chi connectivity index (χ0n) is 16.9. The van der Waals surface area contributed by atoms with Crippen molar-refractivity contribution in [2.75, 3.05) is 32.7 Å². The van der Waals surface area contributed by atoms with Gasteiger partial charge in [-0.05, 0) is 57.1 Å². The first kappa shape index (κ1) is 18.8. The Morgan fingerprint density at radius 3 is 2.59 bits per heavy atom. The number of benzene rings is 1. The molecule has 0 aromatic heterocycles. The maximum Gasteiger partial charge on any atom is 0.191 e. The third-order valence-corrected chi connectivity index (χ3v) is 6.77. The first-order chi connectivity index (χ1) is 13.3. The van der Waals surface area contributed by atoms with Gasteiger partial charge in [0.05, 0.1) is 6.54 Å². The first-order valence-corrected chi connectivity index (χ1v) is 11.1. The molecule has 1 atom stereocenters. The smallest absolute Gasteiger partial charge is 0.191 e. The van der Waals surface area contributed by atoms with E-state index < -0.39 is 0 Å². The summed E-state index contributed by atoms with van der Waals surface area (Å²) >= 11 is 0. The van der Waals surface area contributed by atoms with E-state index in [9.17, 15) is 0 Å². The van der Waals surface area contributed by atoms with Crippen LogP contribution in [-0.4, -0.2) is 49.6 Å². The molecule has 148 valence electrons. The van der Waals surface area contributed by atoms with Crippen LogP contribution >= 0.6 is 0 Å². The quantitative estimate of drug-likeness (QED) is 0.571. The van der Waals surface area contributed by atoms with Crippen LogP contribution in [0.4, 0.5) is 0 Å². The summed E-state index contributed by atoms with van der Waals surface area (Å²) in [6.45, 7) is 7.58. The molecule has 1 aliphatic heterocycles. The Morgan fingerprint density at radius 2 is 1.89 bits per heavy atom. The van der Waals surface area contributed by atoms with E-state index in [0.717, 1.165) is 37.6 Å². The first-order valence-electron chi connectivity index (χ1n) is 11.1. The lowest BCUT2D eigenvalue weighted by molar-refractivity contribution is 0.314. The molecule has 2 saturated carbocycles. The molecule has 4 nitrogen and oxygen atoms in total. The highest BCUT2D eigenvalue weighted by atomic mass is 15.2.